The third kappa shape index (κ3) is 4.21. The van der Waals surface area contributed by atoms with Gasteiger partial charge in [0.15, 0.2) is 0 Å². The molecule has 1 atom stereocenters. The molecule has 0 aliphatic heterocycles. The first-order valence-corrected chi connectivity index (χ1v) is 5.69. The molecule has 16 heavy (non-hydrogen) atoms. The lowest BCUT2D eigenvalue weighted by Crippen LogP contribution is -2.45. The van der Waals surface area contributed by atoms with Crippen molar-refractivity contribution in [3.05, 3.63) is 29.8 Å². The Morgan fingerprint density at radius 3 is 2.44 bits per heavy atom. The standard InChI is InChI=1S/C13H21NO2/c1-3-4-11-5-7-12(8-6-11)16-10-13(2,14)9-15/h5-8,15H,3-4,9-10,14H2,1-2H3. The van der Waals surface area contributed by atoms with E-state index in [9.17, 15) is 0 Å². The fourth-order valence-corrected chi connectivity index (χ4v) is 1.33. The van der Waals surface area contributed by atoms with Crippen molar-refractivity contribution in [3.63, 3.8) is 0 Å². The third-order valence-corrected chi connectivity index (χ3v) is 2.39. The zero-order chi connectivity index (χ0) is 12.0. The number of hydrogen-bond donors (Lipinski definition) is 2. The van der Waals surface area contributed by atoms with Crippen LogP contribution >= 0.6 is 0 Å². The second-order valence-electron chi connectivity index (χ2n) is 4.49. The van der Waals surface area contributed by atoms with Crippen LogP contribution in [0.3, 0.4) is 0 Å². The highest BCUT2D eigenvalue weighted by Crippen LogP contribution is 2.14. The van der Waals surface area contributed by atoms with E-state index in [0.29, 0.717) is 6.61 Å². The molecule has 0 amide bonds. The summed E-state index contributed by atoms with van der Waals surface area (Å²) in [6.45, 7) is 4.15. The molecule has 0 bridgehead atoms. The van der Waals surface area contributed by atoms with E-state index in [1.807, 2.05) is 12.1 Å². The average Bonchev–Trinajstić information content (AvgIpc) is 2.29. The topological polar surface area (TPSA) is 55.5 Å². The molecule has 3 heteroatoms. The zero-order valence-corrected chi connectivity index (χ0v) is 10.1. The lowest BCUT2D eigenvalue weighted by molar-refractivity contribution is 0.146. The van der Waals surface area contributed by atoms with E-state index in [4.69, 9.17) is 15.6 Å². The second-order valence-corrected chi connectivity index (χ2v) is 4.49. The Hall–Kier alpha value is -1.06. The van der Waals surface area contributed by atoms with Gasteiger partial charge in [0, 0.05) is 0 Å². The molecule has 0 spiro atoms. The fourth-order valence-electron chi connectivity index (χ4n) is 1.33. The van der Waals surface area contributed by atoms with Gasteiger partial charge in [0.25, 0.3) is 0 Å². The largest absolute Gasteiger partial charge is 0.492 e. The van der Waals surface area contributed by atoms with Crippen molar-refractivity contribution in [2.45, 2.75) is 32.2 Å². The highest BCUT2D eigenvalue weighted by Gasteiger charge is 2.17. The van der Waals surface area contributed by atoms with Gasteiger partial charge < -0.3 is 15.6 Å². The van der Waals surface area contributed by atoms with E-state index in [-0.39, 0.29) is 6.61 Å². The van der Waals surface area contributed by atoms with Gasteiger partial charge >= 0.3 is 0 Å². The zero-order valence-electron chi connectivity index (χ0n) is 10.1. The van der Waals surface area contributed by atoms with Crippen LogP contribution in [-0.2, 0) is 6.42 Å². The van der Waals surface area contributed by atoms with Gasteiger partial charge in [0.2, 0.25) is 0 Å². The maximum Gasteiger partial charge on any atom is 0.119 e. The van der Waals surface area contributed by atoms with Crippen LogP contribution in [0, 0.1) is 0 Å². The third-order valence-electron chi connectivity index (χ3n) is 2.39. The Balaban J connectivity index is 2.49. The van der Waals surface area contributed by atoms with E-state index in [2.05, 4.69) is 19.1 Å². The van der Waals surface area contributed by atoms with E-state index in [1.165, 1.54) is 5.56 Å². The Morgan fingerprint density at radius 1 is 1.31 bits per heavy atom. The predicted molar refractivity (Wildman–Crippen MR) is 65.6 cm³/mol. The summed E-state index contributed by atoms with van der Waals surface area (Å²) in [4.78, 5) is 0. The molecule has 3 N–H and O–H groups in total. The summed E-state index contributed by atoms with van der Waals surface area (Å²) < 4.78 is 5.51. The second kappa shape index (κ2) is 5.87. The first-order chi connectivity index (χ1) is 7.57. The number of rotatable bonds is 6. The monoisotopic (exact) mass is 223 g/mol. The van der Waals surface area contributed by atoms with Crippen molar-refractivity contribution in [2.24, 2.45) is 5.73 Å². The van der Waals surface area contributed by atoms with E-state index < -0.39 is 5.54 Å². The molecule has 0 aliphatic carbocycles. The summed E-state index contributed by atoms with van der Waals surface area (Å²) >= 11 is 0. The summed E-state index contributed by atoms with van der Waals surface area (Å²) in [6, 6.07) is 8.01. The molecule has 1 unspecified atom stereocenters. The van der Waals surface area contributed by atoms with Crippen LogP contribution in [0.25, 0.3) is 0 Å². The van der Waals surface area contributed by atoms with Crippen molar-refractivity contribution in [2.75, 3.05) is 13.2 Å². The van der Waals surface area contributed by atoms with Crippen LogP contribution in [0.4, 0.5) is 0 Å². The smallest absolute Gasteiger partial charge is 0.119 e. The molecule has 1 aromatic rings. The van der Waals surface area contributed by atoms with Gasteiger partial charge in [-0.2, -0.15) is 0 Å². The minimum absolute atomic E-state index is 0.0824. The average molecular weight is 223 g/mol. The van der Waals surface area contributed by atoms with Crippen LogP contribution in [0.1, 0.15) is 25.8 Å². The number of aliphatic hydroxyl groups excluding tert-OH is 1. The van der Waals surface area contributed by atoms with Gasteiger partial charge in [-0.15, -0.1) is 0 Å². The van der Waals surface area contributed by atoms with Gasteiger partial charge in [-0.25, -0.2) is 0 Å². The van der Waals surface area contributed by atoms with Gasteiger partial charge in [0.05, 0.1) is 12.1 Å². The fraction of sp³-hybridized carbons (Fsp3) is 0.538. The molecule has 0 heterocycles. The van der Waals surface area contributed by atoms with Gasteiger partial charge in [-0.05, 0) is 31.0 Å². The minimum Gasteiger partial charge on any atom is -0.492 e. The van der Waals surface area contributed by atoms with Crippen molar-refractivity contribution in [3.8, 4) is 5.75 Å². The van der Waals surface area contributed by atoms with Crippen molar-refractivity contribution >= 4 is 0 Å². The predicted octanol–water partition coefficient (Wildman–Crippen LogP) is 1.73. The first-order valence-electron chi connectivity index (χ1n) is 5.69. The number of benzene rings is 1. The molecule has 1 aromatic carbocycles. The Morgan fingerprint density at radius 2 is 1.94 bits per heavy atom. The van der Waals surface area contributed by atoms with Gasteiger partial charge in [0.1, 0.15) is 12.4 Å². The number of ether oxygens (including phenoxy) is 1. The maximum atomic E-state index is 8.98. The lowest BCUT2D eigenvalue weighted by Gasteiger charge is -2.21. The van der Waals surface area contributed by atoms with E-state index >= 15 is 0 Å². The van der Waals surface area contributed by atoms with Gasteiger partial charge in [-0.3, -0.25) is 0 Å². The van der Waals surface area contributed by atoms with Crippen LogP contribution in [0.5, 0.6) is 5.75 Å². The van der Waals surface area contributed by atoms with E-state index in [0.717, 1.165) is 18.6 Å². The van der Waals surface area contributed by atoms with E-state index in [1.54, 1.807) is 6.92 Å². The van der Waals surface area contributed by atoms with Crippen molar-refractivity contribution in [1.82, 2.24) is 0 Å². The molecule has 0 saturated carbocycles. The number of nitrogens with two attached hydrogens (primary N) is 1. The molecule has 1 rings (SSSR count). The summed E-state index contributed by atoms with van der Waals surface area (Å²) in [5, 5.41) is 8.98. The number of hydrogen-bond acceptors (Lipinski definition) is 3. The summed E-state index contributed by atoms with van der Waals surface area (Å²) in [5.74, 6) is 0.796. The Kier molecular flexibility index (Phi) is 4.77. The molecular weight excluding hydrogens is 202 g/mol. The Labute approximate surface area is 97.2 Å². The summed E-state index contributed by atoms with van der Waals surface area (Å²) in [6.07, 6.45) is 2.23. The van der Waals surface area contributed by atoms with Gasteiger partial charge in [-0.1, -0.05) is 25.5 Å². The lowest BCUT2D eigenvalue weighted by atomic mass is 10.1. The maximum absolute atomic E-state index is 8.98. The molecular formula is C13H21NO2. The normalized spacial score (nSPS) is 14.5. The van der Waals surface area contributed by atoms with Crippen LogP contribution < -0.4 is 10.5 Å². The number of aliphatic hydroxyl groups is 1. The highest BCUT2D eigenvalue weighted by molar-refractivity contribution is 5.27. The van der Waals surface area contributed by atoms with Crippen molar-refractivity contribution < 1.29 is 9.84 Å². The molecule has 0 radical (unpaired) electrons. The Bertz CT molecular complexity index is 306. The molecule has 0 aromatic heterocycles. The molecule has 0 fully saturated rings. The first kappa shape index (κ1) is 13.0. The SMILES string of the molecule is CCCc1ccc(OCC(C)(N)CO)cc1. The molecule has 90 valence electrons. The minimum atomic E-state index is -0.678. The highest BCUT2D eigenvalue weighted by atomic mass is 16.5. The van der Waals surface area contributed by atoms with Crippen LogP contribution in [-0.4, -0.2) is 23.9 Å². The molecule has 0 aliphatic rings. The molecule has 0 saturated heterocycles. The summed E-state index contributed by atoms with van der Waals surface area (Å²) in [5.41, 5.74) is 6.40. The summed E-state index contributed by atoms with van der Waals surface area (Å²) in [7, 11) is 0. The quantitative estimate of drug-likeness (QED) is 0.772. The van der Waals surface area contributed by atoms with Crippen LogP contribution in [0.15, 0.2) is 24.3 Å². The van der Waals surface area contributed by atoms with Crippen LogP contribution in [0.2, 0.25) is 0 Å². The molecule has 3 nitrogen and oxygen atoms in total. The number of aryl methyl sites for hydroxylation is 1. The van der Waals surface area contributed by atoms with Crippen molar-refractivity contribution in [1.29, 1.82) is 0 Å².